The fourth-order valence-corrected chi connectivity index (χ4v) is 4.03. The number of carbonyl (C=O) groups is 2. The van der Waals surface area contributed by atoms with Crippen LogP contribution in [0.4, 0.5) is 4.39 Å². The molecule has 2 amide bonds. The fourth-order valence-electron chi connectivity index (χ4n) is 4.03. The molecule has 0 aliphatic carbocycles. The van der Waals surface area contributed by atoms with Gasteiger partial charge in [-0.3, -0.25) is 9.59 Å². The van der Waals surface area contributed by atoms with Crippen LogP contribution in [0.25, 0.3) is 0 Å². The Morgan fingerprint density at radius 2 is 1.58 bits per heavy atom. The number of aryl methyl sites for hydroxylation is 2. The van der Waals surface area contributed by atoms with Gasteiger partial charge in [0.15, 0.2) is 6.61 Å². The number of nitrogens with zero attached hydrogens (tertiary/aromatic N) is 1. The van der Waals surface area contributed by atoms with Gasteiger partial charge in [-0.1, -0.05) is 55.5 Å². The Morgan fingerprint density at radius 3 is 2.19 bits per heavy atom. The van der Waals surface area contributed by atoms with E-state index in [-0.39, 0.29) is 36.8 Å². The highest BCUT2D eigenvalue weighted by Crippen LogP contribution is 2.19. The molecule has 0 radical (unpaired) electrons. The normalized spacial score (nSPS) is 12.5. The smallest absolute Gasteiger partial charge is 0.261 e. The average molecular weight is 491 g/mol. The number of halogens is 1. The quantitative estimate of drug-likeness (QED) is 0.393. The van der Waals surface area contributed by atoms with Crippen LogP contribution >= 0.6 is 0 Å². The molecule has 0 fully saturated rings. The topological polar surface area (TPSA) is 58.6 Å². The zero-order valence-corrected chi connectivity index (χ0v) is 21.5. The molecule has 0 aliphatic heterocycles. The van der Waals surface area contributed by atoms with Crippen molar-refractivity contribution in [2.45, 2.75) is 59.2 Å². The van der Waals surface area contributed by atoms with Crippen LogP contribution in [0.5, 0.6) is 5.75 Å². The maximum Gasteiger partial charge on any atom is 0.261 e. The molecule has 0 aromatic heterocycles. The second-order valence-electron chi connectivity index (χ2n) is 9.28. The molecule has 1 N–H and O–H groups in total. The molecule has 0 saturated heterocycles. The van der Waals surface area contributed by atoms with E-state index in [4.69, 9.17) is 4.74 Å². The number of carbonyl (C=O) groups excluding carboxylic acids is 2. The third kappa shape index (κ3) is 7.94. The van der Waals surface area contributed by atoms with Gasteiger partial charge in [0.1, 0.15) is 17.6 Å². The molecular weight excluding hydrogens is 455 g/mol. The van der Waals surface area contributed by atoms with Crippen molar-refractivity contribution < 1.29 is 18.7 Å². The molecule has 36 heavy (non-hydrogen) atoms. The number of hydrogen-bond donors (Lipinski definition) is 1. The molecule has 190 valence electrons. The Morgan fingerprint density at radius 1 is 0.944 bits per heavy atom. The van der Waals surface area contributed by atoms with Crippen molar-refractivity contribution in [3.63, 3.8) is 0 Å². The van der Waals surface area contributed by atoms with Gasteiger partial charge >= 0.3 is 0 Å². The Kier molecular flexibility index (Phi) is 9.62. The highest BCUT2D eigenvalue weighted by atomic mass is 19.1. The second kappa shape index (κ2) is 12.9. The van der Waals surface area contributed by atoms with E-state index in [0.29, 0.717) is 12.2 Å². The van der Waals surface area contributed by atoms with Gasteiger partial charge in [0.2, 0.25) is 5.91 Å². The van der Waals surface area contributed by atoms with Crippen LogP contribution in [0.15, 0.2) is 72.8 Å². The van der Waals surface area contributed by atoms with E-state index in [9.17, 15) is 14.0 Å². The van der Waals surface area contributed by atoms with Gasteiger partial charge in [-0.15, -0.1) is 0 Å². The Bertz CT molecular complexity index is 1130. The van der Waals surface area contributed by atoms with Gasteiger partial charge < -0.3 is 15.0 Å². The van der Waals surface area contributed by atoms with E-state index < -0.39 is 6.04 Å². The molecule has 2 atom stereocenters. The van der Waals surface area contributed by atoms with Gasteiger partial charge in [-0.25, -0.2) is 4.39 Å². The van der Waals surface area contributed by atoms with Crippen molar-refractivity contribution >= 4 is 11.8 Å². The molecule has 3 aromatic rings. The van der Waals surface area contributed by atoms with Crippen LogP contribution in [0, 0.1) is 19.7 Å². The highest BCUT2D eigenvalue weighted by molar-refractivity contribution is 5.88. The number of amides is 2. The zero-order valence-electron chi connectivity index (χ0n) is 21.5. The van der Waals surface area contributed by atoms with E-state index in [1.807, 2.05) is 76.2 Å². The first-order chi connectivity index (χ1) is 17.2. The lowest BCUT2D eigenvalue weighted by molar-refractivity contribution is -0.143. The minimum atomic E-state index is -0.762. The molecule has 6 heteroatoms. The summed E-state index contributed by atoms with van der Waals surface area (Å²) in [5.74, 6) is -0.301. The third-order valence-corrected chi connectivity index (χ3v) is 6.10. The molecule has 0 saturated carbocycles. The Hall–Kier alpha value is -3.67. The lowest BCUT2D eigenvalue weighted by Crippen LogP contribution is -2.53. The minimum Gasteiger partial charge on any atom is -0.484 e. The van der Waals surface area contributed by atoms with E-state index in [1.165, 1.54) is 12.1 Å². The predicted octanol–water partition coefficient (Wildman–Crippen LogP) is 5.38. The monoisotopic (exact) mass is 490 g/mol. The van der Waals surface area contributed by atoms with E-state index >= 15 is 0 Å². The van der Waals surface area contributed by atoms with Crippen LogP contribution in [-0.2, 0) is 22.6 Å². The molecule has 0 heterocycles. The van der Waals surface area contributed by atoms with Gasteiger partial charge in [0, 0.05) is 19.0 Å². The van der Waals surface area contributed by atoms with Crippen LogP contribution < -0.4 is 10.1 Å². The molecule has 3 aromatic carbocycles. The van der Waals surface area contributed by atoms with E-state index in [1.54, 1.807) is 17.0 Å². The van der Waals surface area contributed by atoms with Crippen molar-refractivity contribution in [2.24, 2.45) is 0 Å². The maximum atomic E-state index is 13.6. The van der Waals surface area contributed by atoms with E-state index in [2.05, 4.69) is 5.32 Å². The first kappa shape index (κ1) is 26.9. The lowest BCUT2D eigenvalue weighted by Gasteiger charge is -2.32. The fraction of sp³-hybridized carbons (Fsp3) is 0.333. The van der Waals surface area contributed by atoms with Gasteiger partial charge in [-0.2, -0.15) is 0 Å². The van der Waals surface area contributed by atoms with Gasteiger partial charge in [0.05, 0.1) is 0 Å². The molecule has 0 spiro atoms. The minimum absolute atomic E-state index is 0.0370. The lowest BCUT2D eigenvalue weighted by atomic mass is 10.0. The summed E-state index contributed by atoms with van der Waals surface area (Å²) >= 11 is 0. The van der Waals surface area contributed by atoms with Crippen LogP contribution in [0.3, 0.4) is 0 Å². The van der Waals surface area contributed by atoms with Crippen molar-refractivity contribution in [3.05, 3.63) is 101 Å². The van der Waals surface area contributed by atoms with Crippen LogP contribution in [0.1, 0.15) is 42.5 Å². The Labute approximate surface area is 213 Å². The van der Waals surface area contributed by atoms with Gasteiger partial charge in [-0.05, 0) is 73.7 Å². The summed E-state index contributed by atoms with van der Waals surface area (Å²) in [6.45, 7) is 7.81. The maximum absolute atomic E-state index is 13.6. The molecule has 5 nitrogen and oxygen atoms in total. The number of ether oxygens (including phenoxy) is 1. The number of benzene rings is 3. The standard InChI is InChI=1S/C30H35FN2O3/c1-5-23(4)32-30(35)28(18-24-9-7-6-8-10-24)33(19-25-11-13-26(31)14-12-25)29(34)20-36-27-16-21(2)15-22(3)17-27/h6-17,23,28H,5,18-20H2,1-4H3,(H,32,35)/t23-,28-/m1/s1. The zero-order chi connectivity index (χ0) is 26.1. The summed E-state index contributed by atoms with van der Waals surface area (Å²) in [6, 6.07) is 20.6. The SMILES string of the molecule is CC[C@@H](C)NC(=O)[C@@H](Cc1ccccc1)N(Cc1ccc(F)cc1)C(=O)COc1cc(C)cc(C)c1. The van der Waals surface area contributed by atoms with Crippen LogP contribution in [0.2, 0.25) is 0 Å². The largest absolute Gasteiger partial charge is 0.484 e. The second-order valence-corrected chi connectivity index (χ2v) is 9.28. The highest BCUT2D eigenvalue weighted by Gasteiger charge is 2.31. The van der Waals surface area contributed by atoms with Crippen molar-refractivity contribution in [2.75, 3.05) is 6.61 Å². The van der Waals surface area contributed by atoms with Gasteiger partial charge in [0.25, 0.3) is 5.91 Å². The van der Waals surface area contributed by atoms with Crippen molar-refractivity contribution in [3.8, 4) is 5.75 Å². The predicted molar refractivity (Wildman–Crippen MR) is 140 cm³/mol. The summed E-state index contributed by atoms with van der Waals surface area (Å²) in [6.07, 6.45) is 1.12. The molecular formula is C30H35FN2O3. The summed E-state index contributed by atoms with van der Waals surface area (Å²) in [7, 11) is 0. The number of nitrogens with one attached hydrogen (secondary N) is 1. The third-order valence-electron chi connectivity index (χ3n) is 6.10. The van der Waals surface area contributed by atoms with Crippen molar-refractivity contribution in [1.82, 2.24) is 10.2 Å². The first-order valence-electron chi connectivity index (χ1n) is 12.3. The summed E-state index contributed by atoms with van der Waals surface area (Å²) in [5, 5.41) is 3.04. The molecule has 3 rings (SSSR count). The average Bonchev–Trinajstić information content (AvgIpc) is 2.85. The Balaban J connectivity index is 1.91. The summed E-state index contributed by atoms with van der Waals surface area (Å²) in [4.78, 5) is 28.6. The molecule has 0 aliphatic rings. The summed E-state index contributed by atoms with van der Waals surface area (Å²) in [5.41, 5.74) is 3.74. The van der Waals surface area contributed by atoms with Crippen LogP contribution in [-0.4, -0.2) is 35.4 Å². The molecule has 0 unspecified atom stereocenters. The molecule has 0 bridgehead atoms. The summed E-state index contributed by atoms with van der Waals surface area (Å²) < 4.78 is 19.4. The number of hydrogen-bond acceptors (Lipinski definition) is 3. The number of rotatable bonds is 11. The van der Waals surface area contributed by atoms with Crippen molar-refractivity contribution in [1.29, 1.82) is 0 Å². The van der Waals surface area contributed by atoms with E-state index in [0.717, 1.165) is 28.7 Å². The first-order valence-corrected chi connectivity index (χ1v) is 12.3.